The third-order valence-corrected chi connectivity index (χ3v) is 1.81. The van der Waals surface area contributed by atoms with Crippen LogP contribution >= 0.6 is 11.6 Å². The van der Waals surface area contributed by atoms with Crippen molar-refractivity contribution in [3.63, 3.8) is 0 Å². The minimum absolute atomic E-state index is 0.788. The molecule has 0 atom stereocenters. The number of hydrogen-bond donors (Lipinski definition) is 1. The molecule has 0 amide bonds. The summed E-state index contributed by atoms with van der Waals surface area (Å²) in [5, 5.41) is 3.35. The maximum absolute atomic E-state index is 5.45. The fourth-order valence-corrected chi connectivity index (χ4v) is 0.709. The van der Waals surface area contributed by atoms with Gasteiger partial charge in [0, 0.05) is 18.1 Å². The fourth-order valence-electron chi connectivity index (χ4n) is 0.631. The third kappa shape index (κ3) is 2.87. The van der Waals surface area contributed by atoms with Crippen molar-refractivity contribution in [1.82, 2.24) is 5.32 Å². The van der Waals surface area contributed by atoms with Gasteiger partial charge in [0.2, 0.25) is 0 Å². The van der Waals surface area contributed by atoms with Crippen molar-refractivity contribution in [3.05, 3.63) is 11.1 Å². The van der Waals surface area contributed by atoms with Crippen LogP contribution in [0.25, 0.3) is 0 Å². The molecule has 0 heterocycles. The predicted octanol–water partition coefficient (Wildman–Crippen LogP) is 1.88. The summed E-state index contributed by atoms with van der Waals surface area (Å²) < 4.78 is 0. The molecule has 0 aromatic rings. The molecule has 1 saturated carbocycles. The predicted molar refractivity (Wildman–Crippen MR) is 40.6 cm³/mol. The minimum atomic E-state index is 0.788. The first-order chi connectivity index (χ1) is 4.33. The summed E-state index contributed by atoms with van der Waals surface area (Å²) in [5.41, 5.74) is 2.85. The molecule has 1 N–H and O–H groups in total. The Bertz CT molecular complexity index is 116. The zero-order valence-electron chi connectivity index (χ0n) is 5.65. The summed E-state index contributed by atoms with van der Waals surface area (Å²) in [4.78, 5) is 0. The second-order valence-electron chi connectivity index (χ2n) is 2.61. The summed E-state index contributed by atoms with van der Waals surface area (Å²) in [7, 11) is 0. The van der Waals surface area contributed by atoms with E-state index in [-0.39, 0.29) is 0 Å². The monoisotopic (exact) mass is 145 g/mol. The molecule has 0 radical (unpaired) electrons. The van der Waals surface area contributed by atoms with Crippen molar-refractivity contribution in [3.8, 4) is 0 Å². The van der Waals surface area contributed by atoms with Crippen molar-refractivity contribution < 1.29 is 0 Å². The summed E-state index contributed by atoms with van der Waals surface area (Å²) in [6.07, 6.45) is 2.69. The lowest BCUT2D eigenvalue weighted by Crippen LogP contribution is -2.17. The van der Waals surface area contributed by atoms with E-state index in [1.807, 2.05) is 6.92 Å². The Kier molecular flexibility index (Phi) is 2.55. The Hall–Kier alpha value is -0.0100. The van der Waals surface area contributed by atoms with Crippen LogP contribution in [0.4, 0.5) is 0 Å². The summed E-state index contributed by atoms with van der Waals surface area (Å²) >= 11 is 5.45. The quantitative estimate of drug-likeness (QED) is 0.640. The van der Waals surface area contributed by atoms with Gasteiger partial charge in [0.1, 0.15) is 0 Å². The first-order valence-electron chi connectivity index (χ1n) is 3.32. The molecule has 0 aromatic carbocycles. The molecule has 2 heteroatoms. The Balaban J connectivity index is 2.03. The van der Waals surface area contributed by atoms with Gasteiger partial charge in [-0.25, -0.2) is 0 Å². The Morgan fingerprint density at radius 2 is 2.44 bits per heavy atom. The molecule has 1 aliphatic rings. The lowest BCUT2D eigenvalue weighted by atomic mass is 10.3. The zero-order chi connectivity index (χ0) is 6.69. The van der Waals surface area contributed by atoms with Gasteiger partial charge in [0.05, 0.1) is 0 Å². The van der Waals surface area contributed by atoms with Crippen molar-refractivity contribution in [2.45, 2.75) is 25.8 Å². The molecular formula is C7H12ClN. The van der Waals surface area contributed by atoms with Crippen LogP contribution in [0.2, 0.25) is 0 Å². The molecule has 0 bridgehead atoms. The molecule has 1 aliphatic carbocycles. The molecule has 0 aromatic heterocycles. The first-order valence-corrected chi connectivity index (χ1v) is 3.76. The Labute approximate surface area is 61.1 Å². The van der Waals surface area contributed by atoms with Crippen molar-refractivity contribution in [2.75, 3.05) is 6.54 Å². The SMILES string of the molecule is C/C(=C\Cl)CNC1CC1. The van der Waals surface area contributed by atoms with E-state index in [9.17, 15) is 0 Å². The number of nitrogens with one attached hydrogen (secondary N) is 1. The van der Waals surface area contributed by atoms with Gasteiger partial charge in [0.25, 0.3) is 0 Å². The van der Waals surface area contributed by atoms with Gasteiger partial charge in [-0.15, -0.1) is 0 Å². The smallest absolute Gasteiger partial charge is 0.0176 e. The minimum Gasteiger partial charge on any atom is -0.310 e. The van der Waals surface area contributed by atoms with E-state index in [2.05, 4.69) is 5.32 Å². The first kappa shape index (κ1) is 7.10. The van der Waals surface area contributed by atoms with E-state index in [1.54, 1.807) is 5.54 Å². The summed E-state index contributed by atoms with van der Waals surface area (Å²) in [5.74, 6) is 0. The molecule has 52 valence electrons. The average Bonchev–Trinajstić information content (AvgIpc) is 2.65. The van der Waals surface area contributed by atoms with E-state index < -0.39 is 0 Å². The number of halogens is 1. The van der Waals surface area contributed by atoms with Crippen LogP contribution in [0.5, 0.6) is 0 Å². The normalized spacial score (nSPS) is 20.4. The lowest BCUT2D eigenvalue weighted by Gasteiger charge is -1.99. The molecule has 1 rings (SSSR count). The largest absolute Gasteiger partial charge is 0.310 e. The molecular weight excluding hydrogens is 134 g/mol. The molecule has 1 fully saturated rings. The van der Waals surface area contributed by atoms with Crippen molar-refractivity contribution in [1.29, 1.82) is 0 Å². The van der Waals surface area contributed by atoms with Crippen LogP contribution in [-0.4, -0.2) is 12.6 Å². The average molecular weight is 146 g/mol. The highest BCUT2D eigenvalue weighted by Gasteiger charge is 2.19. The van der Waals surface area contributed by atoms with Gasteiger partial charge in [-0.1, -0.05) is 11.6 Å². The van der Waals surface area contributed by atoms with Gasteiger partial charge < -0.3 is 5.32 Å². The van der Waals surface area contributed by atoms with E-state index in [0.29, 0.717) is 0 Å². The maximum Gasteiger partial charge on any atom is 0.0176 e. The van der Waals surface area contributed by atoms with E-state index in [0.717, 1.165) is 12.6 Å². The lowest BCUT2D eigenvalue weighted by molar-refractivity contribution is 0.734. The van der Waals surface area contributed by atoms with Crippen LogP contribution in [0.1, 0.15) is 19.8 Å². The standard InChI is InChI=1S/C7H12ClN/c1-6(4-8)5-9-7-2-3-7/h4,7,9H,2-3,5H2,1H3/b6-4+. The van der Waals surface area contributed by atoms with Crippen LogP contribution in [0, 0.1) is 0 Å². The van der Waals surface area contributed by atoms with Crippen LogP contribution in [0.3, 0.4) is 0 Å². The highest BCUT2D eigenvalue weighted by Crippen LogP contribution is 2.18. The van der Waals surface area contributed by atoms with Crippen molar-refractivity contribution >= 4 is 11.6 Å². The molecule has 0 saturated heterocycles. The Morgan fingerprint density at radius 3 is 2.89 bits per heavy atom. The number of rotatable bonds is 3. The van der Waals surface area contributed by atoms with Gasteiger partial charge in [-0.3, -0.25) is 0 Å². The molecule has 0 aliphatic heterocycles. The van der Waals surface area contributed by atoms with Gasteiger partial charge in [-0.05, 0) is 25.3 Å². The second kappa shape index (κ2) is 3.23. The summed E-state index contributed by atoms with van der Waals surface area (Å²) in [6.45, 7) is 2.98. The van der Waals surface area contributed by atoms with Crippen LogP contribution in [0.15, 0.2) is 11.1 Å². The topological polar surface area (TPSA) is 12.0 Å². The van der Waals surface area contributed by atoms with Crippen molar-refractivity contribution in [2.24, 2.45) is 0 Å². The van der Waals surface area contributed by atoms with E-state index in [4.69, 9.17) is 11.6 Å². The highest BCUT2D eigenvalue weighted by atomic mass is 35.5. The molecule has 0 unspecified atom stereocenters. The van der Waals surface area contributed by atoms with E-state index in [1.165, 1.54) is 18.4 Å². The van der Waals surface area contributed by atoms with Gasteiger partial charge in [-0.2, -0.15) is 0 Å². The van der Waals surface area contributed by atoms with Crippen LogP contribution in [-0.2, 0) is 0 Å². The zero-order valence-corrected chi connectivity index (χ0v) is 6.41. The van der Waals surface area contributed by atoms with Crippen LogP contribution < -0.4 is 5.32 Å². The highest BCUT2D eigenvalue weighted by molar-refractivity contribution is 6.25. The van der Waals surface area contributed by atoms with Gasteiger partial charge >= 0.3 is 0 Å². The fraction of sp³-hybridized carbons (Fsp3) is 0.714. The second-order valence-corrected chi connectivity index (χ2v) is 2.83. The summed E-state index contributed by atoms with van der Waals surface area (Å²) in [6, 6.07) is 0.788. The third-order valence-electron chi connectivity index (χ3n) is 1.43. The Morgan fingerprint density at radius 1 is 1.78 bits per heavy atom. The molecule has 0 spiro atoms. The molecule has 9 heavy (non-hydrogen) atoms. The number of hydrogen-bond acceptors (Lipinski definition) is 1. The maximum atomic E-state index is 5.45. The van der Waals surface area contributed by atoms with E-state index >= 15 is 0 Å². The molecule has 1 nitrogen and oxygen atoms in total. The van der Waals surface area contributed by atoms with Gasteiger partial charge in [0.15, 0.2) is 0 Å².